The van der Waals surface area contributed by atoms with Gasteiger partial charge < -0.3 is 10.1 Å². The highest BCUT2D eigenvalue weighted by Crippen LogP contribution is 2.43. The smallest absolute Gasteiger partial charge is 0.309 e. The van der Waals surface area contributed by atoms with Crippen LogP contribution in [-0.2, 0) is 9.53 Å². The molecule has 0 amide bonds. The van der Waals surface area contributed by atoms with Crippen molar-refractivity contribution in [3.63, 3.8) is 0 Å². The molecular weight excluding hydrogens is 266 g/mol. The van der Waals surface area contributed by atoms with Crippen molar-refractivity contribution < 1.29 is 18.3 Å². The molecule has 1 aliphatic carbocycles. The second kappa shape index (κ2) is 5.07. The fourth-order valence-electron chi connectivity index (χ4n) is 3.66. The SMILES string of the molecule is C=CCOC(=O)C1CC(N2CC[C@@H]3NCC(F)(F)[C@@H]32)C1. The summed E-state index contributed by atoms with van der Waals surface area (Å²) in [4.78, 5) is 13.6. The maximum absolute atomic E-state index is 13.9. The number of hydrogen-bond acceptors (Lipinski definition) is 4. The van der Waals surface area contributed by atoms with E-state index in [9.17, 15) is 13.6 Å². The van der Waals surface area contributed by atoms with E-state index in [-0.39, 0.29) is 37.1 Å². The molecule has 2 atom stereocenters. The van der Waals surface area contributed by atoms with Crippen LogP contribution in [0.5, 0.6) is 0 Å². The third-order valence-corrected chi connectivity index (χ3v) is 4.73. The van der Waals surface area contributed by atoms with Gasteiger partial charge in [-0.15, -0.1) is 0 Å². The summed E-state index contributed by atoms with van der Waals surface area (Å²) in [6.07, 6.45) is 3.57. The Balaban J connectivity index is 1.55. The van der Waals surface area contributed by atoms with E-state index in [0.717, 1.165) is 6.42 Å². The molecule has 6 heteroatoms. The number of halogens is 2. The standard InChI is InChI=1S/C14H20F2N2O2/c1-2-5-20-13(19)9-6-10(7-9)18-4-3-11-12(18)14(15,16)8-17-11/h2,9-12,17H,1,3-8H2/t9?,10?,11-,12+/m0/s1. The van der Waals surface area contributed by atoms with Gasteiger partial charge >= 0.3 is 5.97 Å². The summed E-state index contributed by atoms with van der Waals surface area (Å²) in [5.74, 6) is -3.02. The van der Waals surface area contributed by atoms with Crippen LogP contribution >= 0.6 is 0 Å². The van der Waals surface area contributed by atoms with E-state index in [0.29, 0.717) is 19.4 Å². The van der Waals surface area contributed by atoms with E-state index in [1.165, 1.54) is 6.08 Å². The van der Waals surface area contributed by atoms with E-state index in [4.69, 9.17) is 4.74 Å². The van der Waals surface area contributed by atoms with Crippen LogP contribution in [0.4, 0.5) is 8.78 Å². The van der Waals surface area contributed by atoms with Gasteiger partial charge in [-0.3, -0.25) is 9.69 Å². The molecule has 1 N–H and O–H groups in total. The van der Waals surface area contributed by atoms with Crippen LogP contribution in [0.1, 0.15) is 19.3 Å². The van der Waals surface area contributed by atoms with Crippen molar-refractivity contribution in [1.29, 1.82) is 0 Å². The normalized spacial score (nSPS) is 39.1. The summed E-state index contributed by atoms with van der Waals surface area (Å²) in [7, 11) is 0. The maximum Gasteiger partial charge on any atom is 0.309 e. The minimum atomic E-state index is -2.66. The molecule has 3 aliphatic rings. The molecule has 4 nitrogen and oxygen atoms in total. The molecule has 3 fully saturated rings. The molecule has 2 saturated heterocycles. The lowest BCUT2D eigenvalue weighted by Gasteiger charge is -2.43. The third-order valence-electron chi connectivity index (χ3n) is 4.73. The first-order valence-corrected chi connectivity index (χ1v) is 7.17. The van der Waals surface area contributed by atoms with E-state index >= 15 is 0 Å². The first-order chi connectivity index (χ1) is 9.53. The molecule has 0 radical (unpaired) electrons. The topological polar surface area (TPSA) is 41.6 Å². The number of ether oxygens (including phenoxy) is 1. The van der Waals surface area contributed by atoms with Crippen molar-refractivity contribution in [2.24, 2.45) is 5.92 Å². The number of alkyl halides is 2. The van der Waals surface area contributed by atoms with Crippen molar-refractivity contribution in [2.45, 2.75) is 43.3 Å². The Kier molecular flexibility index (Phi) is 3.54. The van der Waals surface area contributed by atoms with E-state index in [1.54, 1.807) is 0 Å². The largest absolute Gasteiger partial charge is 0.461 e. The van der Waals surface area contributed by atoms with Gasteiger partial charge in [-0.25, -0.2) is 8.78 Å². The van der Waals surface area contributed by atoms with Gasteiger partial charge in [-0.1, -0.05) is 12.7 Å². The van der Waals surface area contributed by atoms with Gasteiger partial charge in [0.15, 0.2) is 0 Å². The molecule has 2 aliphatic heterocycles. The Morgan fingerprint density at radius 3 is 2.95 bits per heavy atom. The zero-order valence-corrected chi connectivity index (χ0v) is 11.4. The predicted molar refractivity (Wildman–Crippen MR) is 69.5 cm³/mol. The number of nitrogens with one attached hydrogen (secondary N) is 1. The molecule has 0 spiro atoms. The second-order valence-corrected chi connectivity index (χ2v) is 5.96. The molecule has 0 aromatic carbocycles. The predicted octanol–water partition coefficient (Wildman–Crippen LogP) is 1.18. The van der Waals surface area contributed by atoms with Crippen LogP contribution in [0.2, 0.25) is 0 Å². The third kappa shape index (κ3) is 2.24. The van der Waals surface area contributed by atoms with Crippen LogP contribution in [0.3, 0.4) is 0 Å². The first-order valence-electron chi connectivity index (χ1n) is 7.17. The van der Waals surface area contributed by atoms with Crippen LogP contribution in [0.25, 0.3) is 0 Å². The maximum atomic E-state index is 13.9. The van der Waals surface area contributed by atoms with Crippen LogP contribution < -0.4 is 5.32 Å². The summed E-state index contributed by atoms with van der Waals surface area (Å²) < 4.78 is 32.8. The average molecular weight is 286 g/mol. The number of nitrogens with zero attached hydrogens (tertiary/aromatic N) is 1. The lowest BCUT2D eigenvalue weighted by atomic mass is 9.79. The zero-order chi connectivity index (χ0) is 14.3. The number of carbonyl (C=O) groups is 1. The fraction of sp³-hybridized carbons (Fsp3) is 0.786. The zero-order valence-electron chi connectivity index (χ0n) is 11.4. The molecular formula is C14H20F2N2O2. The number of carbonyl (C=O) groups excluding carboxylic acids is 1. The van der Waals surface area contributed by atoms with Crippen LogP contribution in [-0.4, -0.2) is 54.6 Å². The molecule has 2 heterocycles. The monoisotopic (exact) mass is 286 g/mol. The average Bonchev–Trinajstić information content (AvgIpc) is 2.88. The molecule has 0 aromatic rings. The quantitative estimate of drug-likeness (QED) is 0.622. The van der Waals surface area contributed by atoms with E-state index in [2.05, 4.69) is 11.9 Å². The summed E-state index contributed by atoms with van der Waals surface area (Å²) >= 11 is 0. The van der Waals surface area contributed by atoms with Crippen LogP contribution in [0, 0.1) is 5.92 Å². The summed E-state index contributed by atoms with van der Waals surface area (Å²) in [6, 6.07) is -0.702. The molecule has 0 bridgehead atoms. The van der Waals surface area contributed by atoms with Gasteiger partial charge in [0.25, 0.3) is 5.92 Å². The number of likely N-dealkylation sites (tertiary alicyclic amines) is 1. The summed E-state index contributed by atoms with van der Waals surface area (Å²) in [6.45, 7) is 4.17. The van der Waals surface area contributed by atoms with Gasteiger partial charge in [0.2, 0.25) is 0 Å². The van der Waals surface area contributed by atoms with Gasteiger partial charge in [-0.2, -0.15) is 0 Å². The number of hydrogen-bond donors (Lipinski definition) is 1. The van der Waals surface area contributed by atoms with Crippen LogP contribution in [0.15, 0.2) is 12.7 Å². The highest BCUT2D eigenvalue weighted by Gasteiger charge is 2.58. The van der Waals surface area contributed by atoms with Gasteiger partial charge in [0, 0.05) is 18.6 Å². The number of rotatable bonds is 4. The highest BCUT2D eigenvalue weighted by molar-refractivity contribution is 5.73. The Morgan fingerprint density at radius 1 is 1.50 bits per heavy atom. The molecule has 3 rings (SSSR count). The van der Waals surface area contributed by atoms with Crippen molar-refractivity contribution in [1.82, 2.24) is 10.2 Å². The Hall–Kier alpha value is -1.01. The summed E-state index contributed by atoms with van der Waals surface area (Å²) in [5.41, 5.74) is 0. The minimum Gasteiger partial charge on any atom is -0.461 e. The van der Waals surface area contributed by atoms with Crippen molar-refractivity contribution in [3.8, 4) is 0 Å². The molecule has 1 saturated carbocycles. The van der Waals surface area contributed by atoms with Gasteiger partial charge in [0.1, 0.15) is 6.61 Å². The van der Waals surface area contributed by atoms with Crippen molar-refractivity contribution in [2.75, 3.05) is 19.7 Å². The Labute approximate surface area is 117 Å². The Morgan fingerprint density at radius 2 is 2.25 bits per heavy atom. The number of fused-ring (bicyclic) bond motifs is 1. The van der Waals surface area contributed by atoms with Gasteiger partial charge in [-0.05, 0) is 19.3 Å². The Bertz CT molecular complexity index is 410. The van der Waals surface area contributed by atoms with Crippen molar-refractivity contribution in [3.05, 3.63) is 12.7 Å². The van der Waals surface area contributed by atoms with Crippen molar-refractivity contribution >= 4 is 5.97 Å². The highest BCUT2D eigenvalue weighted by atomic mass is 19.3. The van der Waals surface area contributed by atoms with Gasteiger partial charge in [0.05, 0.1) is 18.5 Å². The molecule has 112 valence electrons. The molecule has 0 aromatic heterocycles. The fourth-order valence-corrected chi connectivity index (χ4v) is 3.66. The van der Waals surface area contributed by atoms with E-state index < -0.39 is 12.0 Å². The minimum absolute atomic E-state index is 0.0945. The first kappa shape index (κ1) is 13.9. The summed E-state index contributed by atoms with van der Waals surface area (Å²) in [5, 5.41) is 2.91. The number of esters is 1. The lowest BCUT2D eigenvalue weighted by Crippen LogP contribution is -2.55. The van der Waals surface area contributed by atoms with E-state index in [1.807, 2.05) is 4.90 Å². The molecule has 0 unspecified atom stereocenters. The second-order valence-electron chi connectivity index (χ2n) is 5.96. The molecule has 20 heavy (non-hydrogen) atoms. The lowest BCUT2D eigenvalue weighted by molar-refractivity contribution is -0.154.